The van der Waals surface area contributed by atoms with Gasteiger partial charge in [0.2, 0.25) is 0 Å². The highest BCUT2D eigenvalue weighted by atomic mass is 16.3. The molecule has 2 amide bonds. The van der Waals surface area contributed by atoms with E-state index in [0.717, 1.165) is 5.56 Å². The standard InChI is InChI=1S/C16H16N2O3/c1-11-6-3-4-8-13(11)15(19)18-14(16(20)17-2)10-12-7-5-9-21-12/h3-10H,1-2H3,(H,17,20)(H,18,19)/b14-10-. The first-order valence-electron chi connectivity index (χ1n) is 6.46. The third-order valence-electron chi connectivity index (χ3n) is 2.94. The first kappa shape index (κ1) is 14.6. The van der Waals surface area contributed by atoms with E-state index >= 15 is 0 Å². The van der Waals surface area contributed by atoms with Crippen molar-refractivity contribution < 1.29 is 14.0 Å². The highest BCUT2D eigenvalue weighted by molar-refractivity contribution is 6.05. The van der Waals surface area contributed by atoms with E-state index in [0.29, 0.717) is 11.3 Å². The quantitative estimate of drug-likeness (QED) is 0.845. The molecule has 2 N–H and O–H groups in total. The number of carbonyl (C=O) groups excluding carboxylic acids is 2. The van der Waals surface area contributed by atoms with Crippen LogP contribution in [0.3, 0.4) is 0 Å². The van der Waals surface area contributed by atoms with Gasteiger partial charge < -0.3 is 15.1 Å². The summed E-state index contributed by atoms with van der Waals surface area (Å²) in [6.45, 7) is 1.84. The summed E-state index contributed by atoms with van der Waals surface area (Å²) in [5, 5.41) is 5.10. The third-order valence-corrected chi connectivity index (χ3v) is 2.94. The molecular formula is C16H16N2O3. The van der Waals surface area contributed by atoms with Gasteiger partial charge in [-0.15, -0.1) is 0 Å². The second-order valence-corrected chi connectivity index (χ2v) is 4.42. The molecule has 0 atom stereocenters. The second-order valence-electron chi connectivity index (χ2n) is 4.42. The molecule has 5 nitrogen and oxygen atoms in total. The van der Waals surface area contributed by atoms with E-state index in [2.05, 4.69) is 10.6 Å². The van der Waals surface area contributed by atoms with Crippen molar-refractivity contribution in [1.82, 2.24) is 10.6 Å². The molecule has 1 heterocycles. The lowest BCUT2D eigenvalue weighted by atomic mass is 10.1. The highest BCUT2D eigenvalue weighted by Crippen LogP contribution is 2.10. The fourth-order valence-corrected chi connectivity index (χ4v) is 1.83. The molecule has 0 aliphatic rings. The molecule has 0 saturated carbocycles. The largest absolute Gasteiger partial charge is 0.465 e. The number of carbonyl (C=O) groups is 2. The van der Waals surface area contributed by atoms with E-state index in [9.17, 15) is 9.59 Å². The summed E-state index contributed by atoms with van der Waals surface area (Å²) in [4.78, 5) is 24.1. The van der Waals surface area contributed by atoms with Gasteiger partial charge in [-0.05, 0) is 30.7 Å². The maximum absolute atomic E-state index is 12.3. The van der Waals surface area contributed by atoms with Crippen LogP contribution in [0.1, 0.15) is 21.7 Å². The van der Waals surface area contributed by atoms with E-state index in [1.54, 1.807) is 24.3 Å². The Morgan fingerprint density at radius 2 is 1.90 bits per heavy atom. The fraction of sp³-hybridized carbons (Fsp3) is 0.125. The van der Waals surface area contributed by atoms with Crippen LogP contribution in [0.2, 0.25) is 0 Å². The maximum atomic E-state index is 12.3. The molecule has 2 aromatic rings. The third kappa shape index (κ3) is 3.60. The van der Waals surface area contributed by atoms with Crippen LogP contribution >= 0.6 is 0 Å². The molecule has 0 aliphatic heterocycles. The van der Waals surface area contributed by atoms with Gasteiger partial charge in [0.15, 0.2) is 0 Å². The van der Waals surface area contributed by atoms with Gasteiger partial charge in [0.1, 0.15) is 11.5 Å². The smallest absolute Gasteiger partial charge is 0.267 e. The Hall–Kier alpha value is -2.82. The van der Waals surface area contributed by atoms with Gasteiger partial charge in [-0.3, -0.25) is 9.59 Å². The molecule has 5 heteroatoms. The highest BCUT2D eigenvalue weighted by Gasteiger charge is 2.15. The summed E-state index contributed by atoms with van der Waals surface area (Å²) in [6, 6.07) is 10.6. The van der Waals surface area contributed by atoms with Crippen molar-refractivity contribution in [2.24, 2.45) is 0 Å². The van der Waals surface area contributed by atoms with E-state index in [1.807, 2.05) is 19.1 Å². The lowest BCUT2D eigenvalue weighted by Crippen LogP contribution is -2.33. The molecule has 0 saturated heterocycles. The molecule has 0 fully saturated rings. The van der Waals surface area contributed by atoms with Crippen LogP contribution in [-0.4, -0.2) is 18.9 Å². The van der Waals surface area contributed by atoms with Crippen molar-refractivity contribution in [1.29, 1.82) is 0 Å². The summed E-state index contributed by atoms with van der Waals surface area (Å²) in [7, 11) is 1.50. The summed E-state index contributed by atoms with van der Waals surface area (Å²) in [5.41, 5.74) is 1.48. The number of amides is 2. The number of nitrogens with one attached hydrogen (secondary N) is 2. The minimum Gasteiger partial charge on any atom is -0.465 e. The Morgan fingerprint density at radius 3 is 2.52 bits per heavy atom. The van der Waals surface area contributed by atoms with Crippen molar-refractivity contribution in [2.75, 3.05) is 7.05 Å². The molecule has 0 unspecified atom stereocenters. The summed E-state index contributed by atoms with van der Waals surface area (Å²) < 4.78 is 5.16. The van der Waals surface area contributed by atoms with Gasteiger partial charge in [-0.2, -0.15) is 0 Å². The maximum Gasteiger partial charge on any atom is 0.267 e. The minimum absolute atomic E-state index is 0.126. The van der Waals surface area contributed by atoms with E-state index in [4.69, 9.17) is 4.42 Å². The van der Waals surface area contributed by atoms with E-state index in [-0.39, 0.29) is 11.6 Å². The monoisotopic (exact) mass is 284 g/mol. The number of likely N-dealkylation sites (N-methyl/N-ethyl adjacent to an activating group) is 1. The number of aryl methyl sites for hydroxylation is 1. The van der Waals surface area contributed by atoms with Gasteiger partial charge >= 0.3 is 0 Å². The number of rotatable bonds is 4. The van der Waals surface area contributed by atoms with Crippen LogP contribution in [0.25, 0.3) is 6.08 Å². The number of benzene rings is 1. The first-order valence-corrected chi connectivity index (χ1v) is 6.46. The molecule has 0 spiro atoms. The molecule has 1 aromatic heterocycles. The lowest BCUT2D eigenvalue weighted by Gasteiger charge is -2.10. The topological polar surface area (TPSA) is 71.3 Å². The molecule has 0 radical (unpaired) electrons. The number of furan rings is 1. The average Bonchev–Trinajstić information content (AvgIpc) is 2.99. The molecular weight excluding hydrogens is 268 g/mol. The Labute approximate surface area is 122 Å². The zero-order valence-electron chi connectivity index (χ0n) is 11.8. The molecule has 108 valence electrons. The van der Waals surface area contributed by atoms with Crippen LogP contribution < -0.4 is 10.6 Å². The van der Waals surface area contributed by atoms with Crippen LogP contribution in [0, 0.1) is 6.92 Å². The molecule has 0 bridgehead atoms. The van der Waals surface area contributed by atoms with Crippen molar-refractivity contribution in [3.63, 3.8) is 0 Å². The van der Waals surface area contributed by atoms with Crippen LogP contribution in [0.5, 0.6) is 0 Å². The number of hydrogen-bond donors (Lipinski definition) is 2. The fourth-order valence-electron chi connectivity index (χ4n) is 1.83. The van der Waals surface area contributed by atoms with Crippen molar-refractivity contribution in [3.8, 4) is 0 Å². The van der Waals surface area contributed by atoms with Crippen LogP contribution in [0.15, 0.2) is 52.8 Å². The van der Waals surface area contributed by atoms with Crippen molar-refractivity contribution >= 4 is 17.9 Å². The zero-order valence-corrected chi connectivity index (χ0v) is 11.8. The Bertz CT molecular complexity index is 673. The van der Waals surface area contributed by atoms with Crippen LogP contribution in [0.4, 0.5) is 0 Å². The van der Waals surface area contributed by atoms with E-state index in [1.165, 1.54) is 19.4 Å². The SMILES string of the molecule is CNC(=O)/C(=C/c1ccco1)NC(=O)c1ccccc1C. The first-order chi connectivity index (χ1) is 10.1. The van der Waals surface area contributed by atoms with Crippen LogP contribution in [-0.2, 0) is 4.79 Å². The van der Waals surface area contributed by atoms with Gasteiger partial charge in [-0.25, -0.2) is 0 Å². The summed E-state index contributed by atoms with van der Waals surface area (Å²) in [6.07, 6.45) is 2.98. The van der Waals surface area contributed by atoms with E-state index < -0.39 is 5.91 Å². The van der Waals surface area contributed by atoms with Gasteiger partial charge in [0.25, 0.3) is 11.8 Å². The van der Waals surface area contributed by atoms with Gasteiger partial charge in [-0.1, -0.05) is 18.2 Å². The summed E-state index contributed by atoms with van der Waals surface area (Å²) >= 11 is 0. The van der Waals surface area contributed by atoms with Gasteiger partial charge in [0.05, 0.1) is 6.26 Å². The normalized spacial score (nSPS) is 11.0. The Morgan fingerprint density at radius 1 is 1.14 bits per heavy atom. The predicted molar refractivity (Wildman–Crippen MR) is 79.4 cm³/mol. The lowest BCUT2D eigenvalue weighted by molar-refractivity contribution is -0.117. The molecule has 0 aliphatic carbocycles. The zero-order chi connectivity index (χ0) is 15.2. The second kappa shape index (κ2) is 6.56. The minimum atomic E-state index is -0.395. The van der Waals surface area contributed by atoms with Gasteiger partial charge in [0, 0.05) is 18.7 Å². The average molecular weight is 284 g/mol. The predicted octanol–water partition coefficient (Wildman–Crippen LogP) is 2.10. The molecule has 21 heavy (non-hydrogen) atoms. The number of hydrogen-bond acceptors (Lipinski definition) is 3. The van der Waals surface area contributed by atoms with Crippen molar-refractivity contribution in [3.05, 3.63) is 65.2 Å². The Balaban J connectivity index is 2.26. The summed E-state index contributed by atoms with van der Waals surface area (Å²) in [5.74, 6) is -0.249. The molecule has 1 aromatic carbocycles. The molecule has 2 rings (SSSR count). The van der Waals surface area contributed by atoms with Crippen molar-refractivity contribution in [2.45, 2.75) is 6.92 Å². The Kier molecular flexibility index (Phi) is 4.56.